The maximum absolute atomic E-state index is 13.3. The van der Waals surface area contributed by atoms with E-state index in [0.717, 1.165) is 5.56 Å². The Morgan fingerprint density at radius 2 is 1.71 bits per heavy atom. The van der Waals surface area contributed by atoms with Crippen molar-refractivity contribution >= 4 is 27.6 Å². The lowest BCUT2D eigenvalue weighted by Gasteiger charge is -2.18. The number of benzene rings is 2. The monoisotopic (exact) mass is 502 g/mol. The van der Waals surface area contributed by atoms with Crippen LogP contribution in [0.15, 0.2) is 65.3 Å². The van der Waals surface area contributed by atoms with Crippen molar-refractivity contribution in [2.75, 3.05) is 18.9 Å². The van der Waals surface area contributed by atoms with Crippen LogP contribution in [-0.4, -0.2) is 42.7 Å². The molecule has 4 rings (SSSR count). The number of anilines is 1. The summed E-state index contributed by atoms with van der Waals surface area (Å²) in [5.41, 5.74) is 1.26. The molecule has 0 saturated heterocycles. The minimum atomic E-state index is -3.87. The van der Waals surface area contributed by atoms with Crippen LogP contribution in [0.3, 0.4) is 0 Å². The first kappa shape index (κ1) is 23.7. The minimum absolute atomic E-state index is 0.0304. The van der Waals surface area contributed by atoms with Crippen molar-refractivity contribution in [2.24, 2.45) is 0 Å². The maximum Gasteiger partial charge on any atom is 0.243 e. The second-order valence-electron chi connectivity index (χ2n) is 7.46. The summed E-state index contributed by atoms with van der Waals surface area (Å²) in [4.78, 5) is 0. The Kier molecular flexibility index (Phi) is 6.80. The number of methoxy groups -OCH3 is 2. The van der Waals surface area contributed by atoms with Crippen molar-refractivity contribution in [3.63, 3.8) is 0 Å². The van der Waals surface area contributed by atoms with Crippen LogP contribution < -0.4 is 14.2 Å². The molecule has 0 fully saturated rings. The van der Waals surface area contributed by atoms with E-state index in [4.69, 9.17) is 25.5 Å². The Balaban J connectivity index is 1.77. The Morgan fingerprint density at radius 3 is 2.29 bits per heavy atom. The van der Waals surface area contributed by atoms with Crippen LogP contribution in [0.1, 0.15) is 12.5 Å². The fourth-order valence-electron chi connectivity index (χ4n) is 3.47. The quantitative estimate of drug-likeness (QED) is 0.357. The lowest BCUT2D eigenvalue weighted by atomic mass is 10.1. The molecule has 11 heteroatoms. The summed E-state index contributed by atoms with van der Waals surface area (Å²) in [6, 6.07) is 15.7. The second kappa shape index (κ2) is 9.78. The predicted molar refractivity (Wildman–Crippen MR) is 129 cm³/mol. The van der Waals surface area contributed by atoms with Crippen LogP contribution in [0.4, 0.5) is 5.95 Å². The smallest absolute Gasteiger partial charge is 0.243 e. The Labute approximate surface area is 202 Å². The van der Waals surface area contributed by atoms with Gasteiger partial charge < -0.3 is 13.9 Å². The number of rotatable bonds is 9. The normalized spacial score (nSPS) is 12.4. The fraction of sp³-hybridized carbons (Fsp3) is 0.217. The highest BCUT2D eigenvalue weighted by Gasteiger charge is 2.28. The van der Waals surface area contributed by atoms with Crippen LogP contribution in [0.2, 0.25) is 5.02 Å². The number of hydrogen-bond acceptors (Lipinski definition) is 7. The molecule has 0 aliphatic rings. The third-order valence-electron chi connectivity index (χ3n) is 5.23. The summed E-state index contributed by atoms with van der Waals surface area (Å²) in [7, 11) is -0.851. The molecular weight excluding hydrogens is 480 g/mol. The number of halogens is 1. The average Bonchev–Trinajstić information content (AvgIpc) is 3.49. The van der Waals surface area contributed by atoms with Gasteiger partial charge in [0.15, 0.2) is 5.76 Å². The molecule has 0 amide bonds. The van der Waals surface area contributed by atoms with Gasteiger partial charge in [-0.25, -0.2) is 8.42 Å². The number of nitrogens with one attached hydrogen (secondary N) is 1. The zero-order chi connectivity index (χ0) is 24.3. The van der Waals surface area contributed by atoms with Gasteiger partial charge in [-0.1, -0.05) is 29.8 Å². The van der Waals surface area contributed by atoms with Gasteiger partial charge in [0.25, 0.3) is 0 Å². The Morgan fingerprint density at radius 1 is 1.03 bits per heavy atom. The molecule has 2 aromatic heterocycles. The van der Waals surface area contributed by atoms with Crippen molar-refractivity contribution in [1.82, 2.24) is 14.8 Å². The summed E-state index contributed by atoms with van der Waals surface area (Å²) >= 11 is 5.94. The van der Waals surface area contributed by atoms with Crippen LogP contribution in [0.25, 0.3) is 17.3 Å². The van der Waals surface area contributed by atoms with E-state index in [-0.39, 0.29) is 18.2 Å². The first-order valence-electron chi connectivity index (χ1n) is 10.3. The van der Waals surface area contributed by atoms with E-state index in [9.17, 15) is 8.42 Å². The topological polar surface area (TPSA) is 108 Å². The molecule has 0 unspecified atom stereocenters. The van der Waals surface area contributed by atoms with E-state index < -0.39 is 15.3 Å². The number of ether oxygens (including phenoxy) is 2. The zero-order valence-corrected chi connectivity index (χ0v) is 20.3. The molecule has 0 spiro atoms. The van der Waals surface area contributed by atoms with Gasteiger partial charge in [0.1, 0.15) is 17.2 Å². The molecule has 0 aliphatic heterocycles. The summed E-state index contributed by atoms with van der Waals surface area (Å²) in [5, 5.41) is 8.12. The van der Waals surface area contributed by atoms with Crippen LogP contribution in [-0.2, 0) is 16.4 Å². The molecule has 178 valence electrons. The number of furan rings is 1. The van der Waals surface area contributed by atoms with Crippen molar-refractivity contribution in [2.45, 2.75) is 18.6 Å². The Bertz CT molecular complexity index is 1350. The van der Waals surface area contributed by atoms with Gasteiger partial charge >= 0.3 is 0 Å². The highest BCUT2D eigenvalue weighted by Crippen LogP contribution is 2.37. The van der Waals surface area contributed by atoms with Gasteiger partial charge in [-0.15, -0.1) is 10.2 Å². The van der Waals surface area contributed by atoms with Crippen molar-refractivity contribution in [3.8, 4) is 28.8 Å². The van der Waals surface area contributed by atoms with E-state index >= 15 is 0 Å². The molecule has 0 bridgehead atoms. The summed E-state index contributed by atoms with van der Waals surface area (Å²) in [5.74, 6) is 1.50. The largest absolute Gasteiger partial charge is 0.494 e. The summed E-state index contributed by atoms with van der Waals surface area (Å²) < 4.78 is 47.2. The second-order valence-corrected chi connectivity index (χ2v) is 9.99. The van der Waals surface area contributed by atoms with E-state index in [0.29, 0.717) is 28.0 Å². The predicted octanol–water partition coefficient (Wildman–Crippen LogP) is 4.57. The number of hydrogen-bond donors (Lipinski definition) is 1. The summed E-state index contributed by atoms with van der Waals surface area (Å²) in [6.45, 7) is 1.62. The molecule has 34 heavy (non-hydrogen) atoms. The van der Waals surface area contributed by atoms with Crippen molar-refractivity contribution in [3.05, 3.63) is 71.4 Å². The van der Waals surface area contributed by atoms with E-state index in [1.54, 1.807) is 61.5 Å². The first-order valence-corrected chi connectivity index (χ1v) is 12.2. The van der Waals surface area contributed by atoms with Crippen LogP contribution in [0, 0.1) is 0 Å². The van der Waals surface area contributed by atoms with E-state index in [1.165, 1.54) is 25.0 Å². The van der Waals surface area contributed by atoms with Gasteiger partial charge in [-0.05, 0) is 55.3 Å². The minimum Gasteiger partial charge on any atom is -0.494 e. The lowest BCUT2D eigenvalue weighted by Crippen LogP contribution is -2.28. The highest BCUT2D eigenvalue weighted by atomic mass is 35.5. The summed E-state index contributed by atoms with van der Waals surface area (Å²) in [6.07, 6.45) is 1.77. The molecule has 0 radical (unpaired) electrons. The molecule has 2 aromatic carbocycles. The lowest BCUT2D eigenvalue weighted by molar-refractivity contribution is 0.391. The van der Waals surface area contributed by atoms with Gasteiger partial charge in [0.05, 0.1) is 25.7 Å². The van der Waals surface area contributed by atoms with Crippen molar-refractivity contribution in [1.29, 1.82) is 0 Å². The van der Waals surface area contributed by atoms with Gasteiger partial charge in [0.2, 0.25) is 21.8 Å². The SMILES string of the molecule is COc1cccc(OC)c1-n1c(NS(=O)(=O)[C@@H](C)Cc2ccc(Cl)cc2)nnc1-c1ccco1. The molecule has 1 N–H and O–H groups in total. The fourth-order valence-corrected chi connectivity index (χ4v) is 4.60. The third-order valence-corrected chi connectivity index (χ3v) is 7.17. The van der Waals surface area contributed by atoms with Gasteiger partial charge in [-0.2, -0.15) is 0 Å². The molecule has 4 aromatic rings. The highest BCUT2D eigenvalue weighted by molar-refractivity contribution is 7.93. The number of para-hydroxylation sites is 1. The molecule has 0 aliphatic carbocycles. The molecule has 9 nitrogen and oxygen atoms in total. The van der Waals surface area contributed by atoms with Gasteiger partial charge in [-0.3, -0.25) is 9.29 Å². The zero-order valence-electron chi connectivity index (χ0n) is 18.7. The number of nitrogens with zero attached hydrogens (tertiary/aromatic N) is 3. The van der Waals surface area contributed by atoms with Gasteiger partial charge in [0, 0.05) is 5.02 Å². The number of sulfonamides is 1. The number of aromatic nitrogens is 3. The van der Waals surface area contributed by atoms with E-state index in [1.807, 2.05) is 0 Å². The van der Waals surface area contributed by atoms with Crippen LogP contribution >= 0.6 is 11.6 Å². The molecule has 1 atom stereocenters. The van der Waals surface area contributed by atoms with Crippen molar-refractivity contribution < 1.29 is 22.3 Å². The third kappa shape index (κ3) is 4.73. The Hall–Kier alpha value is -3.50. The van der Waals surface area contributed by atoms with Crippen LogP contribution in [0.5, 0.6) is 11.5 Å². The standard InChI is InChI=1S/C23H23ClN4O5S/c1-15(14-16-9-11-17(24)12-10-16)34(29,30)27-23-26-25-22(20-8-5-13-33-20)28(23)21-18(31-2)6-4-7-19(21)32-3/h4-13,15H,14H2,1-3H3,(H,26,27)/t15-/m0/s1. The average molecular weight is 503 g/mol. The molecule has 0 saturated carbocycles. The molecular formula is C23H23ClN4O5S. The van der Waals surface area contributed by atoms with E-state index in [2.05, 4.69) is 14.9 Å². The molecule has 2 heterocycles. The maximum atomic E-state index is 13.3. The first-order chi connectivity index (χ1) is 16.3.